The van der Waals surface area contributed by atoms with Crippen molar-refractivity contribution < 1.29 is 43.3 Å². The second kappa shape index (κ2) is 29.4. The van der Waals surface area contributed by atoms with Gasteiger partial charge >= 0.3 is 0 Å². The highest BCUT2D eigenvalue weighted by Gasteiger charge is 2.54. The third kappa shape index (κ3) is 16.1. The summed E-state index contributed by atoms with van der Waals surface area (Å²) in [6, 6.07) is 3.85. The number of pyridine rings is 1. The molecule has 5 fully saturated rings. The third-order valence-electron chi connectivity index (χ3n) is 12.8. The van der Waals surface area contributed by atoms with Gasteiger partial charge < -0.3 is 43.4 Å². The number of aldehydes is 1. The normalized spacial score (nSPS) is 21.8. The number of hydrogen-bond acceptors (Lipinski definition) is 11. The molecule has 0 bridgehead atoms. The lowest BCUT2D eigenvalue weighted by atomic mass is 9.96. The number of hydrogen-bond donors (Lipinski definition) is 2. The lowest BCUT2D eigenvalue weighted by Crippen LogP contribution is -2.52. The van der Waals surface area contributed by atoms with Gasteiger partial charge in [0.05, 0.1) is 33.0 Å². The molecule has 5 heterocycles. The van der Waals surface area contributed by atoms with Crippen LogP contribution in [0.4, 0.5) is 0 Å². The van der Waals surface area contributed by atoms with Crippen LogP contribution in [-0.2, 0) is 44.7 Å². The number of likely N-dealkylation sites (tertiary alicyclic amines) is 3. The Bertz CT molecular complexity index is 1740. The number of aromatic nitrogens is 1. The van der Waals surface area contributed by atoms with Crippen LogP contribution in [-0.4, -0.2) is 139 Å². The molecule has 2 unspecified atom stereocenters. The van der Waals surface area contributed by atoms with E-state index in [1.807, 2.05) is 37.1 Å². The van der Waals surface area contributed by atoms with Gasteiger partial charge in [-0.25, -0.2) is 0 Å². The van der Waals surface area contributed by atoms with Crippen LogP contribution in [0, 0.1) is 0 Å². The first kappa shape index (κ1) is 54.2. The van der Waals surface area contributed by atoms with Crippen LogP contribution in [0.1, 0.15) is 142 Å². The summed E-state index contributed by atoms with van der Waals surface area (Å²) in [5.74, 6) is 0.0420. The molecule has 6 aliphatic rings. The van der Waals surface area contributed by atoms with Crippen molar-refractivity contribution in [3.8, 4) is 0 Å². The Labute approximate surface area is 381 Å². The van der Waals surface area contributed by atoms with Crippen molar-refractivity contribution in [3.63, 3.8) is 0 Å². The molecule has 15 heteroatoms. The van der Waals surface area contributed by atoms with Gasteiger partial charge in [-0.15, -0.1) is 0 Å². The predicted molar refractivity (Wildman–Crippen MR) is 247 cm³/mol. The number of carbonyl (C=O) groups is 5. The number of nitrogens with one attached hydrogen (secondary N) is 1. The molecule has 360 valence electrons. The first-order chi connectivity index (χ1) is 31.1. The van der Waals surface area contributed by atoms with Gasteiger partial charge in [-0.2, -0.15) is 0 Å². The highest BCUT2D eigenvalue weighted by molar-refractivity contribution is 6.07. The Morgan fingerprint density at radius 2 is 1.64 bits per heavy atom. The van der Waals surface area contributed by atoms with Crippen molar-refractivity contribution >= 4 is 30.4 Å². The monoisotopic (exact) mass is 898 g/mol. The highest BCUT2D eigenvalue weighted by atomic mass is 16.5. The summed E-state index contributed by atoms with van der Waals surface area (Å²) in [6.45, 7) is 12.9. The Hall–Kier alpha value is -4.18. The number of piperidine rings is 1. The zero-order chi connectivity index (χ0) is 46.9. The number of amides is 4. The number of fused-ring (bicyclic) bond motifs is 1. The van der Waals surface area contributed by atoms with Gasteiger partial charge in [-0.05, 0) is 83.0 Å². The van der Waals surface area contributed by atoms with Crippen LogP contribution in [0.2, 0.25) is 0 Å². The maximum atomic E-state index is 13.0. The fraction of sp³-hybridized carbons (Fsp3) is 0.714. The molecule has 3 atom stereocenters. The summed E-state index contributed by atoms with van der Waals surface area (Å²) in [5.41, 5.74) is 2.37. The van der Waals surface area contributed by atoms with Gasteiger partial charge in [0.2, 0.25) is 18.2 Å². The van der Waals surface area contributed by atoms with Crippen molar-refractivity contribution in [1.82, 2.24) is 24.6 Å². The van der Waals surface area contributed by atoms with Crippen LogP contribution in [0.3, 0.4) is 0 Å². The largest absolute Gasteiger partial charge is 0.495 e. The fourth-order valence-electron chi connectivity index (χ4n) is 8.83. The molecular weight excluding hydrogens is 819 g/mol. The number of carbonyl (C=O) groups excluding carboxylic acids is 5. The Morgan fingerprint density at radius 1 is 0.922 bits per heavy atom. The van der Waals surface area contributed by atoms with Crippen LogP contribution < -0.4 is 10.9 Å². The quantitative estimate of drug-likeness (QED) is 0.0937. The summed E-state index contributed by atoms with van der Waals surface area (Å²) in [7, 11) is 3.23. The van der Waals surface area contributed by atoms with Crippen LogP contribution >= 0.6 is 0 Å². The van der Waals surface area contributed by atoms with Crippen LogP contribution in [0.25, 0.3) is 0 Å². The molecule has 4 amide bonds. The smallest absolute Gasteiger partial charge is 0.254 e. The van der Waals surface area contributed by atoms with Crippen LogP contribution in [0.15, 0.2) is 46.1 Å². The summed E-state index contributed by atoms with van der Waals surface area (Å²) in [5, 5.41) is 9.32. The van der Waals surface area contributed by atoms with E-state index < -0.39 is 11.9 Å². The summed E-state index contributed by atoms with van der Waals surface area (Å²) < 4.78 is 18.9. The van der Waals surface area contributed by atoms with Gasteiger partial charge in [0.25, 0.3) is 11.5 Å². The number of aliphatic hydroxyl groups excluding tert-OH is 1. The number of aliphatic hydroxyl groups is 1. The number of nitrogens with zero attached hydrogens (tertiary/aromatic N) is 4. The molecule has 4 saturated heterocycles. The molecule has 64 heavy (non-hydrogen) atoms. The molecule has 0 radical (unpaired) electrons. The standard InChI is InChI=1S/C31H38N4O8.C11H21NO.C4H10.C2H6.CH4O/c36-20-34-18-22(17-31(34)7-8-31)21-6-9-33(28(38)16-21)10-11-41-12-13-42-14-15-43-26-3-1-2-23-24(26)19-35(30(23)40)25-4-5-27(37)32-29(25)39;1-12-9-6-8-11(12)7-4-2-3-5-10-13;1-3-4-2;2*1-2/h2,6,9,16,20,22,25H,1,3-5,7-8,10-15,17-19H2,(H,32,37,39);10-11H,2-9H2,1H3;3-4H2,1-2H3;1-2H3;2H,1H3/t;11-;;;/m.0.../s1. The van der Waals surface area contributed by atoms with E-state index in [1.54, 1.807) is 10.6 Å². The van der Waals surface area contributed by atoms with Gasteiger partial charge in [-0.3, -0.25) is 29.3 Å². The van der Waals surface area contributed by atoms with Crippen molar-refractivity contribution in [2.45, 2.75) is 161 Å². The van der Waals surface area contributed by atoms with E-state index in [1.165, 1.54) is 56.4 Å². The molecule has 2 N–H and O–H groups in total. The Kier molecular flexibility index (Phi) is 24.9. The zero-order valence-electron chi connectivity index (χ0n) is 39.8. The SMILES string of the molecule is CC.CCCC.CN1CCC[C@@H]1CCCCCC=O.CO.O=CN1CC(c2ccn(CCOCCOCCOC3=C4CN(C5CCC(=O)NC5=O)C(=O)C4=CCC3)c(=O)c2)CC12CC2. The lowest BCUT2D eigenvalue weighted by Gasteiger charge is -2.28. The molecule has 15 nitrogen and oxygen atoms in total. The maximum absolute atomic E-state index is 13.0. The number of rotatable bonds is 20. The van der Waals surface area contributed by atoms with Crippen molar-refractivity contribution in [3.05, 3.63) is 57.2 Å². The molecule has 1 aromatic rings. The van der Waals surface area contributed by atoms with E-state index in [4.69, 9.17) is 19.3 Å². The average molecular weight is 898 g/mol. The molecule has 1 spiro atoms. The molecular formula is C49H79N5O10. The van der Waals surface area contributed by atoms with Gasteiger partial charge in [-0.1, -0.05) is 59.5 Å². The molecule has 2 aliphatic carbocycles. The van der Waals surface area contributed by atoms with E-state index in [9.17, 15) is 28.8 Å². The van der Waals surface area contributed by atoms with E-state index >= 15 is 0 Å². The summed E-state index contributed by atoms with van der Waals surface area (Å²) >= 11 is 0. The first-order valence-electron chi connectivity index (χ1n) is 24.0. The van der Waals surface area contributed by atoms with E-state index in [-0.39, 0.29) is 35.3 Å². The van der Waals surface area contributed by atoms with Crippen molar-refractivity contribution in [2.75, 3.05) is 66.8 Å². The lowest BCUT2D eigenvalue weighted by molar-refractivity contribution is -0.142. The van der Waals surface area contributed by atoms with Crippen LogP contribution in [0.5, 0.6) is 0 Å². The van der Waals surface area contributed by atoms with Crippen molar-refractivity contribution in [2.24, 2.45) is 0 Å². The molecule has 4 aliphatic heterocycles. The zero-order valence-corrected chi connectivity index (χ0v) is 39.8. The second-order valence-corrected chi connectivity index (χ2v) is 17.0. The first-order valence-corrected chi connectivity index (χ1v) is 24.0. The topological polar surface area (TPSA) is 177 Å². The average Bonchev–Trinajstić information content (AvgIpc) is 3.63. The third-order valence-corrected chi connectivity index (χ3v) is 12.8. The molecule has 7 rings (SSSR count). The van der Waals surface area contributed by atoms with E-state index in [0.717, 1.165) is 74.8 Å². The van der Waals surface area contributed by atoms with E-state index in [2.05, 4.69) is 31.1 Å². The molecule has 1 saturated carbocycles. The minimum atomic E-state index is -0.644. The number of imide groups is 1. The highest BCUT2D eigenvalue weighted by Crippen LogP contribution is 2.53. The molecule has 1 aromatic heterocycles. The van der Waals surface area contributed by atoms with Gasteiger partial charge in [0.1, 0.15) is 24.7 Å². The maximum Gasteiger partial charge on any atom is 0.254 e. The number of allylic oxidation sites excluding steroid dienone is 2. The number of unbranched alkanes of at least 4 members (excludes halogenated alkanes) is 4. The van der Waals surface area contributed by atoms with E-state index in [0.29, 0.717) is 77.5 Å². The summed E-state index contributed by atoms with van der Waals surface area (Å²) in [6.07, 6.45) is 21.7. The fourth-order valence-corrected chi connectivity index (χ4v) is 8.83. The van der Waals surface area contributed by atoms with Gasteiger partial charge in [0.15, 0.2) is 0 Å². The minimum absolute atomic E-state index is 0.0373. The van der Waals surface area contributed by atoms with Gasteiger partial charge in [0, 0.05) is 80.4 Å². The van der Waals surface area contributed by atoms with Crippen molar-refractivity contribution in [1.29, 1.82) is 0 Å². The number of ether oxygens (including phenoxy) is 3. The molecule has 0 aromatic carbocycles. The minimum Gasteiger partial charge on any atom is -0.495 e. The Morgan fingerprint density at radius 3 is 2.25 bits per heavy atom. The predicted octanol–water partition coefficient (Wildman–Crippen LogP) is 5.67. The Balaban J connectivity index is 0.000000433. The second-order valence-electron chi connectivity index (χ2n) is 17.0. The summed E-state index contributed by atoms with van der Waals surface area (Å²) in [4.78, 5) is 76.8.